The van der Waals surface area contributed by atoms with E-state index in [0.29, 0.717) is 0 Å². The zero-order chi connectivity index (χ0) is 33.9. The molecule has 0 fully saturated rings. The topological polar surface area (TPSA) is 0 Å². The first-order valence-corrected chi connectivity index (χ1v) is 17.8. The van der Waals surface area contributed by atoms with Crippen LogP contribution in [0.15, 0.2) is 188 Å². The maximum absolute atomic E-state index is 2.36. The molecule has 0 heteroatoms. The van der Waals surface area contributed by atoms with E-state index in [-0.39, 0.29) is 0 Å². The largest absolute Gasteiger partial charge is 0.0616 e. The molecular weight excluding hydrogens is 613 g/mol. The Morgan fingerprint density at radius 1 is 0.235 bits per heavy atom. The average Bonchev–Trinajstić information content (AvgIpc) is 3.20. The molecule has 0 saturated heterocycles. The van der Waals surface area contributed by atoms with Gasteiger partial charge in [0.1, 0.15) is 0 Å². The minimum absolute atomic E-state index is 1.22. The maximum atomic E-state index is 2.36. The number of benzene rings is 10. The summed E-state index contributed by atoms with van der Waals surface area (Å²) in [6.45, 7) is 2.25. The number of aryl methyl sites for hydroxylation is 1. The van der Waals surface area contributed by atoms with Crippen molar-refractivity contribution in [3.63, 3.8) is 0 Å². The fourth-order valence-electron chi connectivity index (χ4n) is 8.43. The molecule has 0 aromatic heterocycles. The van der Waals surface area contributed by atoms with Gasteiger partial charge in [0.25, 0.3) is 0 Å². The molecule has 0 N–H and O–H groups in total. The molecule has 0 nitrogen and oxygen atoms in total. The summed E-state index contributed by atoms with van der Waals surface area (Å²) < 4.78 is 0. The minimum atomic E-state index is 1.22. The van der Waals surface area contributed by atoms with Gasteiger partial charge >= 0.3 is 0 Å². The van der Waals surface area contributed by atoms with Crippen LogP contribution in [-0.4, -0.2) is 0 Å². The molecule has 0 aliphatic heterocycles. The first-order chi connectivity index (χ1) is 25.2. The van der Waals surface area contributed by atoms with E-state index in [9.17, 15) is 0 Å². The Morgan fingerprint density at radius 2 is 0.588 bits per heavy atom. The van der Waals surface area contributed by atoms with Gasteiger partial charge in [-0.1, -0.05) is 176 Å². The second-order valence-corrected chi connectivity index (χ2v) is 13.7. The van der Waals surface area contributed by atoms with Gasteiger partial charge in [-0.15, -0.1) is 0 Å². The summed E-state index contributed by atoms with van der Waals surface area (Å²) in [5.41, 5.74) is 11.3. The molecule has 10 rings (SSSR count). The molecule has 0 saturated carbocycles. The summed E-state index contributed by atoms with van der Waals surface area (Å²) in [7, 11) is 0. The van der Waals surface area contributed by atoms with Crippen molar-refractivity contribution >= 4 is 53.9 Å². The van der Waals surface area contributed by atoms with E-state index in [1.54, 1.807) is 0 Å². The summed E-state index contributed by atoms with van der Waals surface area (Å²) in [6, 6.07) is 69.3. The molecule has 51 heavy (non-hydrogen) atoms. The highest BCUT2D eigenvalue weighted by atomic mass is 14.2. The summed E-state index contributed by atoms with van der Waals surface area (Å²) >= 11 is 0. The van der Waals surface area contributed by atoms with E-state index in [0.717, 1.165) is 0 Å². The van der Waals surface area contributed by atoms with Gasteiger partial charge in [-0.3, -0.25) is 0 Å². The van der Waals surface area contributed by atoms with Crippen LogP contribution < -0.4 is 0 Å². The van der Waals surface area contributed by atoms with Crippen LogP contribution in [0.5, 0.6) is 0 Å². The normalized spacial score (nSPS) is 11.6. The molecule has 238 valence electrons. The molecule has 0 aliphatic carbocycles. The van der Waals surface area contributed by atoms with Crippen molar-refractivity contribution in [1.82, 2.24) is 0 Å². The number of fused-ring (bicyclic) bond motifs is 5. The fraction of sp³-hybridized carbons (Fsp3) is 0.0196. The number of rotatable bonds is 4. The van der Waals surface area contributed by atoms with Gasteiger partial charge in [0.05, 0.1) is 0 Å². The third-order valence-electron chi connectivity index (χ3n) is 10.8. The average molecular weight is 647 g/mol. The Labute approximate surface area is 297 Å². The van der Waals surface area contributed by atoms with Gasteiger partial charge < -0.3 is 0 Å². The fourth-order valence-corrected chi connectivity index (χ4v) is 8.43. The van der Waals surface area contributed by atoms with Gasteiger partial charge in [0.2, 0.25) is 0 Å². The number of hydrogen-bond acceptors (Lipinski definition) is 0. The highest BCUT2D eigenvalue weighted by molar-refractivity contribution is 6.22. The van der Waals surface area contributed by atoms with E-state index < -0.39 is 0 Å². The second-order valence-electron chi connectivity index (χ2n) is 13.7. The Kier molecular flexibility index (Phi) is 6.82. The monoisotopic (exact) mass is 646 g/mol. The van der Waals surface area contributed by atoms with E-state index in [4.69, 9.17) is 0 Å². The number of hydrogen-bond donors (Lipinski definition) is 0. The van der Waals surface area contributed by atoms with Crippen LogP contribution in [0.2, 0.25) is 0 Å². The van der Waals surface area contributed by atoms with Gasteiger partial charge in [-0.25, -0.2) is 0 Å². The molecule has 10 aromatic rings. The summed E-state index contributed by atoms with van der Waals surface area (Å²) in [5.74, 6) is 0. The molecule has 0 unspecified atom stereocenters. The first kappa shape index (κ1) is 29.4. The molecule has 0 heterocycles. The van der Waals surface area contributed by atoms with Crippen molar-refractivity contribution in [2.24, 2.45) is 0 Å². The Bertz CT molecular complexity index is 2850. The van der Waals surface area contributed by atoms with Gasteiger partial charge in [0, 0.05) is 0 Å². The summed E-state index contributed by atoms with van der Waals surface area (Å²) in [6.07, 6.45) is 0. The Morgan fingerprint density at radius 3 is 1.10 bits per heavy atom. The molecule has 0 aliphatic rings. The molecule has 0 spiro atoms. The highest BCUT2D eigenvalue weighted by Crippen LogP contribution is 2.45. The van der Waals surface area contributed by atoms with Gasteiger partial charge in [-0.05, 0) is 123 Å². The zero-order valence-corrected chi connectivity index (χ0v) is 28.4. The van der Waals surface area contributed by atoms with Crippen LogP contribution in [0.3, 0.4) is 0 Å². The Balaban J connectivity index is 1.16. The smallest absolute Gasteiger partial charge is 0.00262 e. The summed E-state index contributed by atoms with van der Waals surface area (Å²) in [5, 5.41) is 12.8. The third kappa shape index (κ3) is 4.76. The molecule has 0 bridgehead atoms. The predicted molar refractivity (Wildman–Crippen MR) is 220 cm³/mol. The molecule has 0 atom stereocenters. The second kappa shape index (κ2) is 11.8. The van der Waals surface area contributed by atoms with E-state index in [1.165, 1.54) is 104 Å². The van der Waals surface area contributed by atoms with E-state index in [1.807, 2.05) is 0 Å². The molecular formula is C51H34. The molecule has 0 radical (unpaired) electrons. The predicted octanol–water partition coefficient (Wildman–Crippen LogP) is 14.4. The molecule has 10 aromatic carbocycles. The summed E-state index contributed by atoms with van der Waals surface area (Å²) in [4.78, 5) is 0. The van der Waals surface area contributed by atoms with Crippen LogP contribution in [0.25, 0.3) is 98.4 Å². The van der Waals surface area contributed by atoms with E-state index in [2.05, 4.69) is 195 Å². The van der Waals surface area contributed by atoms with Crippen molar-refractivity contribution in [3.05, 3.63) is 194 Å². The Hall–Kier alpha value is -6.50. The van der Waals surface area contributed by atoms with Gasteiger partial charge in [-0.2, -0.15) is 0 Å². The van der Waals surface area contributed by atoms with Crippen molar-refractivity contribution in [3.8, 4) is 44.5 Å². The van der Waals surface area contributed by atoms with Crippen LogP contribution in [0, 0.1) is 6.92 Å². The van der Waals surface area contributed by atoms with Gasteiger partial charge in [0.15, 0.2) is 0 Å². The third-order valence-corrected chi connectivity index (χ3v) is 10.8. The lowest BCUT2D eigenvalue weighted by Crippen LogP contribution is -1.92. The first-order valence-electron chi connectivity index (χ1n) is 17.8. The van der Waals surface area contributed by atoms with Crippen molar-refractivity contribution in [2.75, 3.05) is 0 Å². The van der Waals surface area contributed by atoms with Crippen LogP contribution in [-0.2, 0) is 0 Å². The quantitative estimate of drug-likeness (QED) is 0.167. The lowest BCUT2D eigenvalue weighted by molar-refractivity contribution is 1.57. The van der Waals surface area contributed by atoms with Crippen LogP contribution >= 0.6 is 0 Å². The lowest BCUT2D eigenvalue weighted by atomic mass is 9.84. The standard InChI is InChI=1S/C51H34/c1-33-41-17-4-6-19-43(41)49(44-20-7-5-18-42(33)44)35-26-28-36(29-27-35)50-45-21-8-10-23-47(45)51(48-24-11-9-22-46(48)50)40-16-12-15-38(32-40)39-30-25-34-13-2-3-14-37(34)31-39/h2-32H,1H3. The highest BCUT2D eigenvalue weighted by Gasteiger charge is 2.18. The molecule has 0 amide bonds. The van der Waals surface area contributed by atoms with Crippen LogP contribution in [0.4, 0.5) is 0 Å². The zero-order valence-electron chi connectivity index (χ0n) is 28.4. The SMILES string of the molecule is Cc1c2ccccc2c(-c2ccc(-c3c4ccccc4c(-c4cccc(-c5ccc6ccccc6c5)c4)c4ccccc34)cc2)c2ccccc12. The van der Waals surface area contributed by atoms with Crippen molar-refractivity contribution in [1.29, 1.82) is 0 Å². The maximum Gasteiger partial charge on any atom is -0.00262 e. The van der Waals surface area contributed by atoms with Crippen molar-refractivity contribution in [2.45, 2.75) is 6.92 Å². The lowest BCUT2D eigenvalue weighted by Gasteiger charge is -2.19. The van der Waals surface area contributed by atoms with E-state index >= 15 is 0 Å². The minimum Gasteiger partial charge on any atom is -0.0616 e. The van der Waals surface area contributed by atoms with Crippen molar-refractivity contribution < 1.29 is 0 Å². The van der Waals surface area contributed by atoms with Crippen LogP contribution in [0.1, 0.15) is 5.56 Å².